The Hall–Kier alpha value is -1.11. The van der Waals surface area contributed by atoms with E-state index in [2.05, 4.69) is 0 Å². The van der Waals surface area contributed by atoms with Gasteiger partial charge >= 0.3 is 0 Å². The highest BCUT2D eigenvalue weighted by atomic mass is 35.5. The van der Waals surface area contributed by atoms with Gasteiger partial charge < -0.3 is 19.3 Å². The topological polar surface area (TPSA) is 47.9 Å². The standard InChI is InChI=1S/C13H17ClF2O4/c1-18-11-5-8(9(14)6-12(11)19-2)10(17)3-4-20-7-13(15)16/h5-6,10,13,17H,3-4,7H2,1-2H3. The van der Waals surface area contributed by atoms with E-state index in [-0.39, 0.29) is 13.0 Å². The summed E-state index contributed by atoms with van der Waals surface area (Å²) >= 11 is 6.04. The summed E-state index contributed by atoms with van der Waals surface area (Å²) in [6, 6.07) is 3.08. The summed E-state index contributed by atoms with van der Waals surface area (Å²) in [4.78, 5) is 0. The number of rotatable bonds is 8. The van der Waals surface area contributed by atoms with Crippen LogP contribution < -0.4 is 9.47 Å². The molecule has 7 heteroatoms. The van der Waals surface area contributed by atoms with E-state index in [0.717, 1.165) is 0 Å². The van der Waals surface area contributed by atoms with Crippen molar-refractivity contribution in [2.45, 2.75) is 19.0 Å². The molecule has 0 aliphatic heterocycles. The van der Waals surface area contributed by atoms with Crippen LogP contribution in [-0.4, -0.2) is 39.0 Å². The highest BCUT2D eigenvalue weighted by molar-refractivity contribution is 6.31. The smallest absolute Gasteiger partial charge is 0.261 e. The van der Waals surface area contributed by atoms with Crippen LogP contribution in [0.2, 0.25) is 5.02 Å². The molecule has 20 heavy (non-hydrogen) atoms. The first kappa shape index (κ1) is 16.9. The largest absolute Gasteiger partial charge is 0.493 e. The zero-order valence-electron chi connectivity index (χ0n) is 11.2. The molecule has 4 nitrogen and oxygen atoms in total. The minimum Gasteiger partial charge on any atom is -0.493 e. The molecular formula is C13H17ClF2O4. The fourth-order valence-electron chi connectivity index (χ4n) is 1.65. The summed E-state index contributed by atoms with van der Waals surface area (Å²) in [5.74, 6) is 0.877. The van der Waals surface area contributed by atoms with Crippen LogP contribution in [0.15, 0.2) is 12.1 Å². The molecule has 0 spiro atoms. The summed E-state index contributed by atoms with van der Waals surface area (Å²) < 4.78 is 38.7. The number of ether oxygens (including phenoxy) is 3. The third kappa shape index (κ3) is 4.77. The summed E-state index contributed by atoms with van der Waals surface area (Å²) in [5, 5.41) is 10.3. The molecule has 0 bridgehead atoms. The van der Waals surface area contributed by atoms with Crippen molar-refractivity contribution in [2.75, 3.05) is 27.4 Å². The van der Waals surface area contributed by atoms with Crippen molar-refractivity contribution in [2.24, 2.45) is 0 Å². The Labute approximate surface area is 121 Å². The zero-order valence-corrected chi connectivity index (χ0v) is 12.0. The maximum absolute atomic E-state index is 11.9. The van der Waals surface area contributed by atoms with E-state index < -0.39 is 19.1 Å². The number of hydrogen-bond acceptors (Lipinski definition) is 4. The van der Waals surface area contributed by atoms with Gasteiger partial charge in [0.05, 0.1) is 25.3 Å². The Bertz CT molecular complexity index is 429. The summed E-state index contributed by atoms with van der Waals surface area (Å²) in [5.41, 5.74) is 0.435. The van der Waals surface area contributed by atoms with Crippen molar-refractivity contribution >= 4 is 11.6 Å². The molecule has 1 aromatic carbocycles. The van der Waals surface area contributed by atoms with E-state index in [1.165, 1.54) is 20.3 Å². The lowest BCUT2D eigenvalue weighted by Crippen LogP contribution is -2.09. The fraction of sp³-hybridized carbons (Fsp3) is 0.538. The molecule has 0 aliphatic rings. The van der Waals surface area contributed by atoms with Crippen molar-refractivity contribution < 1.29 is 28.1 Å². The molecule has 1 aromatic rings. The fourth-order valence-corrected chi connectivity index (χ4v) is 1.93. The maximum Gasteiger partial charge on any atom is 0.261 e. The van der Waals surface area contributed by atoms with Gasteiger partial charge in [0.15, 0.2) is 11.5 Å². The Morgan fingerprint density at radius 3 is 2.35 bits per heavy atom. The molecule has 1 rings (SSSR count). The Morgan fingerprint density at radius 2 is 1.80 bits per heavy atom. The lowest BCUT2D eigenvalue weighted by molar-refractivity contribution is 0.00480. The monoisotopic (exact) mass is 310 g/mol. The van der Waals surface area contributed by atoms with Gasteiger partial charge in [-0.25, -0.2) is 8.78 Å². The molecule has 0 saturated carbocycles. The van der Waals surface area contributed by atoms with Crippen LogP contribution in [0.3, 0.4) is 0 Å². The van der Waals surface area contributed by atoms with Crippen molar-refractivity contribution in [3.63, 3.8) is 0 Å². The minimum absolute atomic E-state index is 0.0101. The molecule has 1 unspecified atom stereocenters. The Kier molecular flexibility index (Phi) is 6.98. The molecule has 0 amide bonds. The van der Waals surface area contributed by atoms with Gasteiger partial charge in [0.1, 0.15) is 6.61 Å². The van der Waals surface area contributed by atoms with Crippen molar-refractivity contribution in [1.82, 2.24) is 0 Å². The second-order valence-electron chi connectivity index (χ2n) is 4.00. The van der Waals surface area contributed by atoms with Crippen LogP contribution in [0.4, 0.5) is 8.78 Å². The van der Waals surface area contributed by atoms with Gasteiger partial charge in [0.2, 0.25) is 0 Å². The predicted molar refractivity (Wildman–Crippen MR) is 71.0 cm³/mol. The SMILES string of the molecule is COc1cc(Cl)c(C(O)CCOCC(F)F)cc1OC. The molecule has 114 valence electrons. The number of hydrogen-bond donors (Lipinski definition) is 1. The normalized spacial score (nSPS) is 12.6. The summed E-state index contributed by atoms with van der Waals surface area (Å²) in [6.45, 7) is -0.636. The van der Waals surface area contributed by atoms with Gasteiger partial charge in [-0.2, -0.15) is 0 Å². The van der Waals surface area contributed by atoms with Crippen molar-refractivity contribution in [3.05, 3.63) is 22.7 Å². The molecular weight excluding hydrogens is 294 g/mol. The molecule has 0 aromatic heterocycles. The van der Waals surface area contributed by atoms with E-state index >= 15 is 0 Å². The Balaban J connectivity index is 2.69. The first-order valence-electron chi connectivity index (χ1n) is 5.95. The minimum atomic E-state index is -2.52. The second-order valence-corrected chi connectivity index (χ2v) is 4.41. The van der Waals surface area contributed by atoms with Crippen LogP contribution in [0.25, 0.3) is 0 Å². The average molecular weight is 311 g/mol. The lowest BCUT2D eigenvalue weighted by atomic mass is 10.1. The number of methoxy groups -OCH3 is 2. The van der Waals surface area contributed by atoms with Gasteiger partial charge in [0, 0.05) is 24.7 Å². The number of alkyl halides is 2. The highest BCUT2D eigenvalue weighted by Crippen LogP contribution is 2.36. The third-order valence-corrected chi connectivity index (χ3v) is 2.97. The molecule has 1 atom stereocenters. The van der Waals surface area contributed by atoms with Crippen molar-refractivity contribution in [3.8, 4) is 11.5 Å². The van der Waals surface area contributed by atoms with Crippen LogP contribution in [-0.2, 0) is 4.74 Å². The maximum atomic E-state index is 11.9. The molecule has 0 saturated heterocycles. The van der Waals surface area contributed by atoms with Gasteiger partial charge in [0.25, 0.3) is 6.43 Å². The van der Waals surface area contributed by atoms with Gasteiger partial charge in [-0.15, -0.1) is 0 Å². The lowest BCUT2D eigenvalue weighted by Gasteiger charge is -2.16. The predicted octanol–water partition coefficient (Wildman–Crippen LogP) is 3.06. The molecule has 1 N–H and O–H groups in total. The highest BCUT2D eigenvalue weighted by Gasteiger charge is 2.16. The van der Waals surface area contributed by atoms with Crippen LogP contribution >= 0.6 is 11.6 Å². The first-order chi connectivity index (χ1) is 9.49. The van der Waals surface area contributed by atoms with Crippen LogP contribution in [0, 0.1) is 0 Å². The Morgan fingerprint density at radius 1 is 1.20 bits per heavy atom. The first-order valence-corrected chi connectivity index (χ1v) is 6.32. The summed E-state index contributed by atoms with van der Waals surface area (Å²) in [6.07, 6.45) is -3.29. The number of benzene rings is 1. The number of aliphatic hydroxyl groups excluding tert-OH is 1. The number of halogens is 3. The van der Waals surface area contributed by atoms with E-state index in [9.17, 15) is 13.9 Å². The van der Waals surface area contributed by atoms with Crippen molar-refractivity contribution in [1.29, 1.82) is 0 Å². The summed E-state index contributed by atoms with van der Waals surface area (Å²) in [7, 11) is 2.94. The van der Waals surface area contributed by atoms with Gasteiger partial charge in [-0.05, 0) is 6.07 Å². The average Bonchev–Trinajstić information content (AvgIpc) is 2.42. The van der Waals surface area contributed by atoms with E-state index in [4.69, 9.17) is 25.8 Å². The molecule has 0 heterocycles. The van der Waals surface area contributed by atoms with Gasteiger partial charge in [-0.3, -0.25) is 0 Å². The second kappa shape index (κ2) is 8.24. The zero-order chi connectivity index (χ0) is 15.1. The van der Waals surface area contributed by atoms with Crippen LogP contribution in [0.5, 0.6) is 11.5 Å². The van der Waals surface area contributed by atoms with Gasteiger partial charge in [-0.1, -0.05) is 11.6 Å². The van der Waals surface area contributed by atoms with E-state index in [1.54, 1.807) is 6.07 Å². The van der Waals surface area contributed by atoms with E-state index in [0.29, 0.717) is 22.1 Å². The quantitative estimate of drug-likeness (QED) is 0.750. The third-order valence-electron chi connectivity index (χ3n) is 2.64. The van der Waals surface area contributed by atoms with Crippen LogP contribution in [0.1, 0.15) is 18.1 Å². The molecule has 0 fully saturated rings. The molecule has 0 aliphatic carbocycles. The number of aliphatic hydroxyl groups is 1. The van der Waals surface area contributed by atoms with E-state index in [1.807, 2.05) is 0 Å². The molecule has 0 radical (unpaired) electrons.